The van der Waals surface area contributed by atoms with Crippen LogP contribution in [0.4, 0.5) is 0 Å². The number of hydrogen-bond donors (Lipinski definition) is 1. The van der Waals surface area contributed by atoms with E-state index in [0.717, 1.165) is 12.8 Å². The Kier molecular flexibility index (Phi) is 13.2. The van der Waals surface area contributed by atoms with Crippen molar-refractivity contribution in [2.24, 2.45) is 11.8 Å². The molecule has 0 aromatic rings. The van der Waals surface area contributed by atoms with Gasteiger partial charge < -0.3 is 5.11 Å². The molecule has 0 saturated heterocycles. The summed E-state index contributed by atoms with van der Waals surface area (Å²) in [5.74, 6) is -1.62. The normalized spacial score (nSPS) is 13.6. The molecule has 0 radical (unpaired) electrons. The highest BCUT2D eigenvalue weighted by Gasteiger charge is 2.25. The molecule has 0 rings (SSSR count). The van der Waals surface area contributed by atoms with Gasteiger partial charge in [0.1, 0.15) is 0 Å². The van der Waals surface area contributed by atoms with Crippen molar-refractivity contribution < 1.29 is 9.90 Å². The van der Waals surface area contributed by atoms with Crippen molar-refractivity contribution >= 4 is 5.97 Å². The lowest BCUT2D eigenvalue weighted by Gasteiger charge is -2.16. The van der Waals surface area contributed by atoms with E-state index >= 15 is 0 Å². The molecule has 122 valence electrons. The predicted molar refractivity (Wildman–Crippen MR) is 87.0 cm³/mol. The lowest BCUT2D eigenvalue weighted by atomic mass is 9.87. The first-order chi connectivity index (χ1) is 10.2. The molecule has 0 fully saturated rings. The van der Waals surface area contributed by atoms with Crippen LogP contribution in [-0.4, -0.2) is 11.1 Å². The third kappa shape index (κ3) is 10.3. The van der Waals surface area contributed by atoms with Crippen molar-refractivity contribution in [3.63, 3.8) is 0 Å². The van der Waals surface area contributed by atoms with Crippen LogP contribution in [-0.2, 0) is 4.79 Å². The number of carboxylic acid groups (broad SMARTS) is 1. The Balaban J connectivity index is 3.59. The van der Waals surface area contributed by atoms with E-state index in [9.17, 15) is 9.90 Å². The maximum atomic E-state index is 11.2. The third-order valence-corrected chi connectivity index (χ3v) is 4.28. The highest BCUT2D eigenvalue weighted by Crippen LogP contribution is 2.22. The lowest BCUT2D eigenvalue weighted by Crippen LogP contribution is -2.22. The maximum absolute atomic E-state index is 11.2. The molecule has 3 nitrogen and oxygen atoms in total. The van der Waals surface area contributed by atoms with Crippen molar-refractivity contribution in [2.45, 2.75) is 90.9 Å². The second-order valence-corrected chi connectivity index (χ2v) is 6.06. The zero-order valence-corrected chi connectivity index (χ0v) is 13.9. The first-order valence-electron chi connectivity index (χ1n) is 8.79. The number of nitriles is 1. The largest absolute Gasteiger partial charge is 0.481 e. The second kappa shape index (κ2) is 13.9. The van der Waals surface area contributed by atoms with Crippen molar-refractivity contribution in [1.82, 2.24) is 0 Å². The molecule has 0 aliphatic rings. The summed E-state index contributed by atoms with van der Waals surface area (Å²) in [6, 6.07) is 2.14. The van der Waals surface area contributed by atoms with Crippen LogP contribution in [0.3, 0.4) is 0 Å². The van der Waals surface area contributed by atoms with Crippen LogP contribution in [0.25, 0.3) is 0 Å². The highest BCUT2D eigenvalue weighted by molar-refractivity contribution is 5.70. The molecule has 21 heavy (non-hydrogen) atoms. The number of unbranched alkanes of at least 4 members (excludes halogenated alkanes) is 9. The van der Waals surface area contributed by atoms with E-state index in [-0.39, 0.29) is 5.92 Å². The Bertz CT molecular complexity index is 296. The lowest BCUT2D eigenvalue weighted by molar-refractivity contribution is -0.143. The highest BCUT2D eigenvalue weighted by atomic mass is 16.4. The van der Waals surface area contributed by atoms with Gasteiger partial charge in [-0.3, -0.25) is 4.79 Å². The van der Waals surface area contributed by atoms with Crippen molar-refractivity contribution in [2.75, 3.05) is 0 Å². The van der Waals surface area contributed by atoms with Crippen LogP contribution in [0.15, 0.2) is 0 Å². The molecule has 2 unspecified atom stereocenters. The number of carbonyl (C=O) groups is 1. The minimum atomic E-state index is -0.806. The fraction of sp³-hybridized carbons (Fsp3) is 0.889. The summed E-state index contributed by atoms with van der Waals surface area (Å²) in [6.45, 7) is 4.13. The molecule has 0 aliphatic carbocycles. The zero-order valence-electron chi connectivity index (χ0n) is 13.9. The molecule has 0 bridgehead atoms. The van der Waals surface area contributed by atoms with E-state index in [2.05, 4.69) is 13.0 Å². The SMILES string of the molecule is CCCCCCCCCCCCC(C(=O)O)C(C#N)CC. The van der Waals surface area contributed by atoms with Crippen LogP contribution in [0.5, 0.6) is 0 Å². The molecule has 0 aliphatic heterocycles. The minimum absolute atomic E-state index is 0.332. The van der Waals surface area contributed by atoms with Crippen LogP contribution in [0.1, 0.15) is 90.9 Å². The number of aliphatic carboxylic acids is 1. The molecule has 2 atom stereocenters. The monoisotopic (exact) mass is 295 g/mol. The van der Waals surface area contributed by atoms with Gasteiger partial charge in [-0.05, 0) is 12.8 Å². The Morgan fingerprint density at radius 2 is 1.43 bits per heavy atom. The smallest absolute Gasteiger partial charge is 0.307 e. The van der Waals surface area contributed by atoms with Crippen LogP contribution in [0, 0.1) is 23.2 Å². The Morgan fingerprint density at radius 3 is 1.81 bits per heavy atom. The summed E-state index contributed by atoms with van der Waals surface area (Å²) in [4.78, 5) is 11.2. The Hall–Kier alpha value is -1.04. The number of hydrogen-bond acceptors (Lipinski definition) is 2. The van der Waals surface area contributed by atoms with Gasteiger partial charge in [0.25, 0.3) is 0 Å². The predicted octanol–water partition coefficient (Wildman–Crippen LogP) is 5.55. The third-order valence-electron chi connectivity index (χ3n) is 4.28. The summed E-state index contributed by atoms with van der Waals surface area (Å²) >= 11 is 0. The summed E-state index contributed by atoms with van der Waals surface area (Å²) in [6.07, 6.45) is 13.8. The second-order valence-electron chi connectivity index (χ2n) is 6.06. The van der Waals surface area contributed by atoms with E-state index in [4.69, 9.17) is 5.26 Å². The molecule has 0 amide bonds. The molecular formula is C18H33NO2. The molecular weight excluding hydrogens is 262 g/mol. The van der Waals surface area contributed by atoms with E-state index in [0.29, 0.717) is 12.8 Å². The summed E-state index contributed by atoms with van der Waals surface area (Å²) in [7, 11) is 0. The summed E-state index contributed by atoms with van der Waals surface area (Å²) < 4.78 is 0. The summed E-state index contributed by atoms with van der Waals surface area (Å²) in [5.41, 5.74) is 0. The molecule has 1 N–H and O–H groups in total. The topological polar surface area (TPSA) is 61.1 Å². The maximum Gasteiger partial charge on any atom is 0.307 e. The molecule has 0 spiro atoms. The van der Waals surface area contributed by atoms with Gasteiger partial charge in [0.05, 0.1) is 17.9 Å². The Labute approximate surface area is 130 Å². The van der Waals surface area contributed by atoms with Crippen LogP contribution >= 0.6 is 0 Å². The quantitative estimate of drug-likeness (QED) is 0.427. The van der Waals surface area contributed by atoms with E-state index in [1.807, 2.05) is 6.92 Å². The first kappa shape index (κ1) is 20.0. The Morgan fingerprint density at radius 1 is 0.952 bits per heavy atom. The van der Waals surface area contributed by atoms with Gasteiger partial charge in [0.15, 0.2) is 0 Å². The zero-order chi connectivity index (χ0) is 15.9. The van der Waals surface area contributed by atoms with Gasteiger partial charge in [0.2, 0.25) is 0 Å². The van der Waals surface area contributed by atoms with Gasteiger partial charge in [-0.1, -0.05) is 78.1 Å². The molecule has 0 saturated carbocycles. The fourth-order valence-electron chi connectivity index (χ4n) is 2.81. The molecule has 0 aromatic carbocycles. The molecule has 0 heterocycles. The number of nitrogens with zero attached hydrogens (tertiary/aromatic N) is 1. The van der Waals surface area contributed by atoms with E-state index in [1.165, 1.54) is 51.4 Å². The van der Waals surface area contributed by atoms with Crippen molar-refractivity contribution in [3.05, 3.63) is 0 Å². The van der Waals surface area contributed by atoms with Gasteiger partial charge in [0, 0.05) is 0 Å². The fourth-order valence-corrected chi connectivity index (χ4v) is 2.81. The number of rotatable bonds is 14. The van der Waals surface area contributed by atoms with E-state index in [1.54, 1.807) is 0 Å². The molecule has 0 aromatic heterocycles. The summed E-state index contributed by atoms with van der Waals surface area (Å²) in [5, 5.41) is 18.2. The van der Waals surface area contributed by atoms with Crippen molar-refractivity contribution in [1.29, 1.82) is 5.26 Å². The van der Waals surface area contributed by atoms with Gasteiger partial charge in [-0.15, -0.1) is 0 Å². The molecule has 3 heteroatoms. The minimum Gasteiger partial charge on any atom is -0.481 e. The van der Waals surface area contributed by atoms with Gasteiger partial charge in [-0.2, -0.15) is 5.26 Å². The average molecular weight is 295 g/mol. The van der Waals surface area contributed by atoms with Crippen LogP contribution < -0.4 is 0 Å². The van der Waals surface area contributed by atoms with Gasteiger partial charge in [-0.25, -0.2) is 0 Å². The first-order valence-corrected chi connectivity index (χ1v) is 8.79. The standard InChI is InChI=1S/C18H33NO2/c1-3-5-6-7-8-9-10-11-12-13-14-17(18(20)21)16(4-2)15-19/h16-17H,3-14H2,1-2H3,(H,20,21). The van der Waals surface area contributed by atoms with Gasteiger partial charge >= 0.3 is 5.97 Å². The number of carboxylic acids is 1. The average Bonchev–Trinajstić information content (AvgIpc) is 2.48. The van der Waals surface area contributed by atoms with E-state index < -0.39 is 11.9 Å². The van der Waals surface area contributed by atoms with Crippen LogP contribution in [0.2, 0.25) is 0 Å². The van der Waals surface area contributed by atoms with Crippen molar-refractivity contribution in [3.8, 4) is 6.07 Å².